The average Bonchev–Trinajstić information content (AvgIpc) is 3.47. The highest BCUT2D eigenvalue weighted by atomic mass is 16.5. The number of methoxy groups -OCH3 is 1. The standard InChI is InChI=1S/C21H23N3O4/c1-13(2)19-11-16(22-27-19)18-5-4-10-24(18)21(25)17-12-20(28-23-17)14-6-8-15(26-3)9-7-14/h6-9,11-13,18H,4-5,10H2,1-3H3/t18-/m1/s1. The number of nitrogens with zero attached hydrogens (tertiary/aromatic N) is 3. The van der Waals surface area contributed by atoms with Gasteiger partial charge < -0.3 is 18.7 Å². The summed E-state index contributed by atoms with van der Waals surface area (Å²) in [5, 5.41) is 8.19. The van der Waals surface area contributed by atoms with Gasteiger partial charge in [-0.3, -0.25) is 4.79 Å². The molecule has 2 aromatic heterocycles. The summed E-state index contributed by atoms with van der Waals surface area (Å²) < 4.78 is 16.0. The molecule has 1 aliphatic heterocycles. The maximum atomic E-state index is 13.0. The number of carbonyl (C=O) groups is 1. The van der Waals surface area contributed by atoms with E-state index in [0.29, 0.717) is 18.0 Å². The Morgan fingerprint density at radius 1 is 1.18 bits per heavy atom. The van der Waals surface area contributed by atoms with Crippen LogP contribution in [0.4, 0.5) is 0 Å². The van der Waals surface area contributed by atoms with E-state index in [0.717, 1.165) is 35.6 Å². The Morgan fingerprint density at radius 2 is 1.96 bits per heavy atom. The van der Waals surface area contributed by atoms with Gasteiger partial charge in [0.05, 0.1) is 13.2 Å². The molecule has 1 aliphatic rings. The lowest BCUT2D eigenvalue weighted by Gasteiger charge is -2.21. The van der Waals surface area contributed by atoms with Gasteiger partial charge in [0.2, 0.25) is 0 Å². The molecule has 0 radical (unpaired) electrons. The second-order valence-electron chi connectivity index (χ2n) is 7.27. The zero-order chi connectivity index (χ0) is 19.7. The summed E-state index contributed by atoms with van der Waals surface area (Å²) in [6.45, 7) is 4.77. The summed E-state index contributed by atoms with van der Waals surface area (Å²) in [4.78, 5) is 14.8. The van der Waals surface area contributed by atoms with Gasteiger partial charge in [-0.25, -0.2) is 0 Å². The monoisotopic (exact) mass is 381 g/mol. The van der Waals surface area contributed by atoms with Crippen molar-refractivity contribution in [2.75, 3.05) is 13.7 Å². The highest BCUT2D eigenvalue weighted by Crippen LogP contribution is 2.34. The molecule has 4 rings (SSSR count). The van der Waals surface area contributed by atoms with Gasteiger partial charge in [0.25, 0.3) is 5.91 Å². The van der Waals surface area contributed by atoms with Gasteiger partial charge in [0.1, 0.15) is 17.2 Å². The Morgan fingerprint density at radius 3 is 2.64 bits per heavy atom. The van der Waals surface area contributed by atoms with Crippen molar-refractivity contribution in [3.63, 3.8) is 0 Å². The molecule has 1 saturated heterocycles. The molecule has 3 heterocycles. The molecule has 1 amide bonds. The van der Waals surface area contributed by atoms with Crippen LogP contribution in [0.2, 0.25) is 0 Å². The number of likely N-dealkylation sites (tertiary alicyclic amines) is 1. The number of rotatable bonds is 5. The zero-order valence-corrected chi connectivity index (χ0v) is 16.2. The Balaban J connectivity index is 1.54. The van der Waals surface area contributed by atoms with Crippen molar-refractivity contribution in [2.24, 2.45) is 0 Å². The van der Waals surface area contributed by atoms with E-state index in [2.05, 4.69) is 24.2 Å². The van der Waals surface area contributed by atoms with E-state index < -0.39 is 0 Å². The molecule has 7 nitrogen and oxygen atoms in total. The van der Waals surface area contributed by atoms with Gasteiger partial charge in [-0.15, -0.1) is 0 Å². The minimum Gasteiger partial charge on any atom is -0.497 e. The molecular formula is C21H23N3O4. The quantitative estimate of drug-likeness (QED) is 0.650. The number of ether oxygens (including phenoxy) is 1. The SMILES string of the molecule is COc1ccc(-c2cc(C(=O)N3CCC[C@@H]3c3cc(C(C)C)on3)no2)cc1. The molecule has 28 heavy (non-hydrogen) atoms. The molecule has 146 valence electrons. The fourth-order valence-corrected chi connectivity index (χ4v) is 3.46. The van der Waals surface area contributed by atoms with Crippen LogP contribution in [0.25, 0.3) is 11.3 Å². The number of hydrogen-bond acceptors (Lipinski definition) is 6. The number of amides is 1. The molecular weight excluding hydrogens is 358 g/mol. The average molecular weight is 381 g/mol. The molecule has 1 aromatic carbocycles. The Hall–Kier alpha value is -3.09. The summed E-state index contributed by atoms with van der Waals surface area (Å²) >= 11 is 0. The first kappa shape index (κ1) is 18.3. The maximum absolute atomic E-state index is 13.0. The lowest BCUT2D eigenvalue weighted by molar-refractivity contribution is 0.0720. The Labute approximate surface area is 163 Å². The molecule has 0 aliphatic carbocycles. The predicted molar refractivity (Wildman–Crippen MR) is 102 cm³/mol. The minimum atomic E-state index is -0.153. The van der Waals surface area contributed by atoms with Crippen LogP contribution < -0.4 is 4.74 Å². The van der Waals surface area contributed by atoms with Crippen LogP contribution in [0.3, 0.4) is 0 Å². The van der Waals surface area contributed by atoms with Gasteiger partial charge in [-0.05, 0) is 37.1 Å². The summed E-state index contributed by atoms with van der Waals surface area (Å²) in [7, 11) is 1.62. The van der Waals surface area contributed by atoms with Crippen LogP contribution in [0.1, 0.15) is 60.6 Å². The summed E-state index contributed by atoms with van der Waals surface area (Å²) in [6, 6.07) is 11.0. The largest absolute Gasteiger partial charge is 0.497 e. The fraction of sp³-hybridized carbons (Fsp3) is 0.381. The smallest absolute Gasteiger partial charge is 0.276 e. The number of hydrogen-bond donors (Lipinski definition) is 0. The third kappa shape index (κ3) is 3.40. The van der Waals surface area contributed by atoms with Crippen LogP contribution in [-0.4, -0.2) is 34.8 Å². The first-order valence-electron chi connectivity index (χ1n) is 9.45. The minimum absolute atomic E-state index is 0.0927. The maximum Gasteiger partial charge on any atom is 0.276 e. The van der Waals surface area contributed by atoms with Crippen molar-refractivity contribution in [3.8, 4) is 17.1 Å². The van der Waals surface area contributed by atoms with Crippen molar-refractivity contribution in [1.82, 2.24) is 15.2 Å². The van der Waals surface area contributed by atoms with Crippen LogP contribution >= 0.6 is 0 Å². The van der Waals surface area contributed by atoms with E-state index in [9.17, 15) is 4.79 Å². The second-order valence-corrected chi connectivity index (χ2v) is 7.27. The van der Waals surface area contributed by atoms with Crippen molar-refractivity contribution < 1.29 is 18.6 Å². The topological polar surface area (TPSA) is 81.6 Å². The van der Waals surface area contributed by atoms with Crippen LogP contribution in [0, 0.1) is 0 Å². The summed E-state index contributed by atoms with van der Waals surface area (Å²) in [5.74, 6) is 2.24. The molecule has 0 N–H and O–H groups in total. The third-order valence-electron chi connectivity index (χ3n) is 5.07. The van der Waals surface area contributed by atoms with E-state index >= 15 is 0 Å². The predicted octanol–water partition coefficient (Wildman–Crippen LogP) is 4.44. The van der Waals surface area contributed by atoms with Gasteiger partial charge in [-0.2, -0.15) is 0 Å². The fourth-order valence-electron chi connectivity index (χ4n) is 3.46. The molecule has 7 heteroatoms. The molecule has 3 aromatic rings. The normalized spacial score (nSPS) is 16.7. The Kier molecular flexibility index (Phi) is 4.90. The Bertz CT molecular complexity index is 958. The number of carbonyl (C=O) groups excluding carboxylic acids is 1. The van der Waals surface area contributed by atoms with Gasteiger partial charge in [0, 0.05) is 30.2 Å². The van der Waals surface area contributed by atoms with Crippen molar-refractivity contribution in [2.45, 2.75) is 38.6 Å². The molecule has 1 atom stereocenters. The van der Waals surface area contributed by atoms with E-state index in [1.807, 2.05) is 30.3 Å². The lowest BCUT2D eigenvalue weighted by Crippen LogP contribution is -2.30. The van der Waals surface area contributed by atoms with E-state index in [4.69, 9.17) is 13.8 Å². The lowest BCUT2D eigenvalue weighted by atomic mass is 10.1. The van der Waals surface area contributed by atoms with Crippen molar-refractivity contribution >= 4 is 5.91 Å². The van der Waals surface area contributed by atoms with Crippen LogP contribution in [0.5, 0.6) is 5.75 Å². The molecule has 1 fully saturated rings. The van der Waals surface area contributed by atoms with Crippen LogP contribution in [0.15, 0.2) is 45.4 Å². The first-order chi connectivity index (χ1) is 13.6. The van der Waals surface area contributed by atoms with Gasteiger partial charge in [0.15, 0.2) is 11.5 Å². The summed E-state index contributed by atoms with van der Waals surface area (Å²) in [5.41, 5.74) is 1.93. The van der Waals surface area contributed by atoms with Gasteiger partial charge >= 0.3 is 0 Å². The zero-order valence-electron chi connectivity index (χ0n) is 16.2. The third-order valence-corrected chi connectivity index (χ3v) is 5.07. The first-order valence-corrected chi connectivity index (χ1v) is 9.45. The molecule has 0 spiro atoms. The molecule has 0 unspecified atom stereocenters. The number of benzene rings is 1. The summed E-state index contributed by atoms with van der Waals surface area (Å²) in [6.07, 6.45) is 1.78. The molecule has 0 bridgehead atoms. The van der Waals surface area contributed by atoms with Crippen molar-refractivity contribution in [1.29, 1.82) is 0 Å². The van der Waals surface area contributed by atoms with E-state index in [1.54, 1.807) is 18.1 Å². The van der Waals surface area contributed by atoms with E-state index in [1.165, 1.54) is 0 Å². The highest BCUT2D eigenvalue weighted by Gasteiger charge is 2.34. The van der Waals surface area contributed by atoms with Gasteiger partial charge in [-0.1, -0.05) is 24.2 Å². The van der Waals surface area contributed by atoms with Crippen molar-refractivity contribution in [3.05, 3.63) is 53.5 Å². The second kappa shape index (κ2) is 7.50. The molecule has 0 saturated carbocycles. The van der Waals surface area contributed by atoms with E-state index in [-0.39, 0.29) is 17.9 Å². The highest BCUT2D eigenvalue weighted by molar-refractivity contribution is 5.93. The number of aromatic nitrogens is 2. The van der Waals surface area contributed by atoms with Crippen LogP contribution in [-0.2, 0) is 0 Å².